The third-order valence-electron chi connectivity index (χ3n) is 2.92. The first-order chi connectivity index (χ1) is 10.2. The van der Waals surface area contributed by atoms with Crippen molar-refractivity contribution in [3.63, 3.8) is 0 Å². The fourth-order valence-corrected chi connectivity index (χ4v) is 2.93. The molecule has 1 aromatic carbocycles. The summed E-state index contributed by atoms with van der Waals surface area (Å²) >= 11 is 1.41. The minimum Gasteiger partial charge on any atom is -0.490 e. The van der Waals surface area contributed by atoms with E-state index in [4.69, 9.17) is 14.7 Å². The predicted molar refractivity (Wildman–Crippen MR) is 84.0 cm³/mol. The average Bonchev–Trinajstić information content (AvgIpc) is 2.93. The lowest BCUT2D eigenvalue weighted by molar-refractivity contribution is 0.288. The van der Waals surface area contributed by atoms with Crippen LogP contribution in [0.1, 0.15) is 31.3 Å². The van der Waals surface area contributed by atoms with E-state index in [2.05, 4.69) is 11.1 Å². The van der Waals surface area contributed by atoms with Crippen LogP contribution in [0.4, 0.5) is 0 Å². The maximum absolute atomic E-state index is 9.14. The third kappa shape index (κ3) is 3.34. The Morgan fingerprint density at radius 1 is 1.14 bits per heavy atom. The maximum atomic E-state index is 9.14. The highest BCUT2D eigenvalue weighted by atomic mass is 32.1. The minimum atomic E-state index is 0.574. The number of hydrogen-bond acceptors (Lipinski definition) is 5. The van der Waals surface area contributed by atoms with Crippen LogP contribution < -0.4 is 9.47 Å². The van der Waals surface area contributed by atoms with Crippen LogP contribution >= 0.6 is 11.3 Å². The van der Waals surface area contributed by atoms with Crippen molar-refractivity contribution in [1.29, 1.82) is 5.26 Å². The SMILES string of the molecule is CCOc1ccc(-c2nc(CC)c(C#N)s2)cc1OCC. The molecule has 0 aliphatic rings. The topological polar surface area (TPSA) is 55.1 Å². The third-order valence-corrected chi connectivity index (χ3v) is 3.98. The number of hydrogen-bond donors (Lipinski definition) is 0. The molecule has 5 heteroatoms. The van der Waals surface area contributed by atoms with Crippen LogP contribution in [0.2, 0.25) is 0 Å². The van der Waals surface area contributed by atoms with E-state index in [1.54, 1.807) is 0 Å². The van der Waals surface area contributed by atoms with Gasteiger partial charge in [-0.05, 0) is 38.5 Å². The number of aromatic nitrogens is 1. The molecule has 0 unspecified atom stereocenters. The lowest BCUT2D eigenvalue weighted by Gasteiger charge is -2.11. The maximum Gasteiger partial charge on any atom is 0.161 e. The summed E-state index contributed by atoms with van der Waals surface area (Å²) in [5.41, 5.74) is 1.80. The van der Waals surface area contributed by atoms with Crippen molar-refractivity contribution >= 4 is 11.3 Å². The van der Waals surface area contributed by atoms with Gasteiger partial charge in [0.15, 0.2) is 11.5 Å². The van der Waals surface area contributed by atoms with Crippen molar-refractivity contribution in [2.24, 2.45) is 0 Å². The molecular formula is C16H18N2O2S. The van der Waals surface area contributed by atoms with Crippen LogP contribution in [0.5, 0.6) is 11.5 Å². The zero-order valence-electron chi connectivity index (χ0n) is 12.5. The van der Waals surface area contributed by atoms with E-state index in [0.717, 1.165) is 28.4 Å². The molecule has 21 heavy (non-hydrogen) atoms. The van der Waals surface area contributed by atoms with E-state index in [9.17, 15) is 0 Å². The highest BCUT2D eigenvalue weighted by Crippen LogP contribution is 2.35. The summed E-state index contributed by atoms with van der Waals surface area (Å²) in [5, 5.41) is 9.98. The van der Waals surface area contributed by atoms with Gasteiger partial charge in [-0.1, -0.05) is 6.92 Å². The van der Waals surface area contributed by atoms with Gasteiger partial charge in [-0.2, -0.15) is 5.26 Å². The van der Waals surface area contributed by atoms with E-state index in [1.165, 1.54) is 11.3 Å². The number of aryl methyl sites for hydroxylation is 1. The van der Waals surface area contributed by atoms with Crippen LogP contribution in [0.3, 0.4) is 0 Å². The van der Waals surface area contributed by atoms with E-state index >= 15 is 0 Å². The fraction of sp³-hybridized carbons (Fsp3) is 0.375. The monoisotopic (exact) mass is 302 g/mol. The average molecular weight is 302 g/mol. The van der Waals surface area contributed by atoms with Gasteiger partial charge in [0.2, 0.25) is 0 Å². The van der Waals surface area contributed by atoms with Gasteiger partial charge >= 0.3 is 0 Å². The Morgan fingerprint density at radius 3 is 2.43 bits per heavy atom. The van der Waals surface area contributed by atoms with E-state index in [0.29, 0.717) is 23.8 Å². The predicted octanol–water partition coefficient (Wildman–Crippen LogP) is 4.04. The van der Waals surface area contributed by atoms with Gasteiger partial charge in [0.25, 0.3) is 0 Å². The molecule has 0 N–H and O–H groups in total. The van der Waals surface area contributed by atoms with E-state index < -0.39 is 0 Å². The van der Waals surface area contributed by atoms with Crippen molar-refractivity contribution in [3.05, 3.63) is 28.8 Å². The summed E-state index contributed by atoms with van der Waals surface area (Å²) in [6, 6.07) is 7.98. The summed E-state index contributed by atoms with van der Waals surface area (Å²) in [6.45, 7) is 7.05. The molecule has 0 saturated heterocycles. The number of nitrogens with zero attached hydrogens (tertiary/aromatic N) is 2. The van der Waals surface area contributed by atoms with Crippen LogP contribution in [-0.2, 0) is 6.42 Å². The lowest BCUT2D eigenvalue weighted by atomic mass is 10.2. The second kappa shape index (κ2) is 7.09. The standard InChI is InChI=1S/C16H18N2O2S/c1-4-12-15(10-17)21-16(18-12)11-7-8-13(19-5-2)14(9-11)20-6-3/h7-9H,4-6H2,1-3H3. The molecule has 1 aromatic heterocycles. The van der Waals surface area contributed by atoms with Gasteiger partial charge in [-0.25, -0.2) is 4.98 Å². The smallest absolute Gasteiger partial charge is 0.161 e. The van der Waals surface area contributed by atoms with Crippen LogP contribution in [0.25, 0.3) is 10.6 Å². The Morgan fingerprint density at radius 2 is 1.86 bits per heavy atom. The summed E-state index contributed by atoms with van der Waals surface area (Å²) in [6.07, 6.45) is 0.759. The molecular weight excluding hydrogens is 284 g/mol. The Kier molecular flexibility index (Phi) is 5.18. The molecule has 110 valence electrons. The van der Waals surface area contributed by atoms with Gasteiger partial charge in [0, 0.05) is 5.56 Å². The number of rotatable bonds is 6. The highest BCUT2D eigenvalue weighted by molar-refractivity contribution is 7.15. The molecule has 2 aromatic rings. The Labute approximate surface area is 129 Å². The van der Waals surface area contributed by atoms with Crippen molar-refractivity contribution < 1.29 is 9.47 Å². The molecule has 0 amide bonds. The van der Waals surface area contributed by atoms with Gasteiger partial charge in [0.1, 0.15) is 16.0 Å². The Balaban J connectivity index is 2.42. The highest BCUT2D eigenvalue weighted by Gasteiger charge is 2.13. The molecule has 0 bridgehead atoms. The van der Waals surface area contributed by atoms with Crippen molar-refractivity contribution in [1.82, 2.24) is 4.98 Å². The number of thiazole rings is 1. The molecule has 0 spiro atoms. The van der Waals surface area contributed by atoms with Crippen LogP contribution in [0.15, 0.2) is 18.2 Å². The van der Waals surface area contributed by atoms with Crippen LogP contribution in [-0.4, -0.2) is 18.2 Å². The van der Waals surface area contributed by atoms with Crippen LogP contribution in [0, 0.1) is 11.3 Å². The van der Waals surface area contributed by atoms with Crippen molar-refractivity contribution in [2.45, 2.75) is 27.2 Å². The second-order valence-electron chi connectivity index (χ2n) is 4.29. The first kappa shape index (κ1) is 15.3. The zero-order chi connectivity index (χ0) is 15.2. The number of nitriles is 1. The molecule has 0 atom stereocenters. The normalized spacial score (nSPS) is 10.2. The largest absolute Gasteiger partial charge is 0.490 e. The molecule has 0 saturated carbocycles. The molecule has 0 aliphatic heterocycles. The van der Waals surface area contributed by atoms with E-state index in [1.807, 2.05) is 39.0 Å². The van der Waals surface area contributed by atoms with Gasteiger partial charge in [0.05, 0.1) is 18.9 Å². The molecule has 0 fully saturated rings. The fourth-order valence-electron chi connectivity index (χ4n) is 1.99. The molecule has 0 radical (unpaired) electrons. The van der Waals surface area contributed by atoms with Gasteiger partial charge < -0.3 is 9.47 Å². The van der Waals surface area contributed by atoms with Crippen molar-refractivity contribution in [2.75, 3.05) is 13.2 Å². The first-order valence-electron chi connectivity index (χ1n) is 7.03. The van der Waals surface area contributed by atoms with Gasteiger partial charge in [-0.3, -0.25) is 0 Å². The van der Waals surface area contributed by atoms with Crippen molar-refractivity contribution in [3.8, 4) is 28.1 Å². The Hall–Kier alpha value is -2.06. The summed E-state index contributed by atoms with van der Waals surface area (Å²) in [7, 11) is 0. The summed E-state index contributed by atoms with van der Waals surface area (Å²) < 4.78 is 11.2. The summed E-state index contributed by atoms with van der Waals surface area (Å²) in [5.74, 6) is 1.44. The molecule has 4 nitrogen and oxygen atoms in total. The Bertz CT molecular complexity index is 659. The molecule has 1 heterocycles. The molecule has 2 rings (SSSR count). The minimum absolute atomic E-state index is 0.574. The second-order valence-corrected chi connectivity index (χ2v) is 5.29. The summed E-state index contributed by atoms with van der Waals surface area (Å²) in [4.78, 5) is 5.23. The first-order valence-corrected chi connectivity index (χ1v) is 7.84. The quantitative estimate of drug-likeness (QED) is 0.808. The number of benzene rings is 1. The lowest BCUT2D eigenvalue weighted by Crippen LogP contribution is -1.98. The van der Waals surface area contributed by atoms with Gasteiger partial charge in [-0.15, -0.1) is 11.3 Å². The van der Waals surface area contributed by atoms with E-state index in [-0.39, 0.29) is 0 Å². The zero-order valence-corrected chi connectivity index (χ0v) is 13.3. The number of ether oxygens (including phenoxy) is 2. The molecule has 0 aliphatic carbocycles.